The summed E-state index contributed by atoms with van der Waals surface area (Å²) in [5.74, 6) is -0.523. The van der Waals surface area contributed by atoms with Crippen LogP contribution in [0.5, 0.6) is 5.75 Å². The van der Waals surface area contributed by atoms with Crippen LogP contribution in [0.15, 0.2) is 6.20 Å². The van der Waals surface area contributed by atoms with Gasteiger partial charge in [-0.2, -0.15) is 11.8 Å². The third-order valence-corrected chi connectivity index (χ3v) is 4.36. The topological polar surface area (TPSA) is 149 Å². The normalized spacial score (nSPS) is 13.0. The quantitative estimate of drug-likeness (QED) is 0.372. The number of aliphatic carboxylic acids is 1. The van der Waals surface area contributed by atoms with Crippen LogP contribution in [-0.4, -0.2) is 49.0 Å². The van der Waals surface area contributed by atoms with Gasteiger partial charge in [0, 0.05) is 23.9 Å². The van der Waals surface area contributed by atoms with Crippen molar-refractivity contribution in [3.05, 3.63) is 23.0 Å². The summed E-state index contributed by atoms with van der Waals surface area (Å²) in [6, 6.07) is -0.805. The van der Waals surface area contributed by atoms with Crippen LogP contribution < -0.4 is 5.32 Å². The number of hydrogen-bond donors (Lipinski definition) is 5. The van der Waals surface area contributed by atoms with E-state index in [0.29, 0.717) is 23.4 Å². The molecule has 136 valence electrons. The van der Waals surface area contributed by atoms with E-state index in [1.54, 1.807) is 6.92 Å². The maximum absolute atomic E-state index is 11.2. The minimum Gasteiger partial charge on any atom is -0.506 e. The van der Waals surface area contributed by atoms with Gasteiger partial charge < -0.3 is 25.3 Å². The first-order valence-electron chi connectivity index (χ1n) is 6.97. The number of carboxylic acids is 1. The second-order valence-corrected chi connectivity index (χ2v) is 7.24. The molecule has 1 unspecified atom stereocenters. The number of phosphoric ester groups is 1. The van der Waals surface area contributed by atoms with E-state index >= 15 is 0 Å². The number of carbonyl (C=O) groups is 1. The molecule has 11 heteroatoms. The van der Waals surface area contributed by atoms with Crippen molar-refractivity contribution >= 4 is 25.6 Å². The van der Waals surface area contributed by atoms with Gasteiger partial charge in [-0.25, -0.2) is 4.57 Å². The number of aromatic nitrogens is 1. The Morgan fingerprint density at radius 1 is 1.50 bits per heavy atom. The van der Waals surface area contributed by atoms with Crippen molar-refractivity contribution in [2.45, 2.75) is 32.5 Å². The highest BCUT2D eigenvalue weighted by Crippen LogP contribution is 2.38. The van der Waals surface area contributed by atoms with Crippen molar-refractivity contribution in [1.82, 2.24) is 10.3 Å². The molecule has 0 amide bonds. The summed E-state index contributed by atoms with van der Waals surface area (Å²) < 4.78 is 15.3. The van der Waals surface area contributed by atoms with Crippen LogP contribution in [-0.2, 0) is 27.0 Å². The van der Waals surface area contributed by atoms with Gasteiger partial charge >= 0.3 is 13.8 Å². The summed E-state index contributed by atoms with van der Waals surface area (Å²) in [5, 5.41) is 22.2. The summed E-state index contributed by atoms with van der Waals surface area (Å²) in [5.41, 5.74) is 0.886. The lowest BCUT2D eigenvalue weighted by atomic mass is 10.1. The summed E-state index contributed by atoms with van der Waals surface area (Å²) in [4.78, 5) is 32.8. The van der Waals surface area contributed by atoms with E-state index in [-0.39, 0.29) is 17.9 Å². The first-order valence-corrected chi connectivity index (χ1v) is 9.89. The monoisotopic (exact) mass is 380 g/mol. The lowest BCUT2D eigenvalue weighted by Gasteiger charge is -2.17. The Hall–Kier alpha value is -1.16. The number of nitrogens with zero attached hydrogens (tertiary/aromatic N) is 1. The lowest BCUT2D eigenvalue weighted by molar-refractivity contribution is -0.139. The second kappa shape index (κ2) is 9.36. The van der Waals surface area contributed by atoms with Crippen molar-refractivity contribution in [3.63, 3.8) is 0 Å². The van der Waals surface area contributed by atoms with E-state index in [9.17, 15) is 19.6 Å². The average molecular weight is 380 g/mol. The summed E-state index contributed by atoms with van der Waals surface area (Å²) >= 11 is 1.52. The van der Waals surface area contributed by atoms with Crippen LogP contribution in [0.4, 0.5) is 0 Å². The van der Waals surface area contributed by atoms with E-state index in [2.05, 4.69) is 14.8 Å². The number of pyridine rings is 1. The molecule has 0 aliphatic carbocycles. The smallest absolute Gasteiger partial charge is 0.469 e. The molecular weight excluding hydrogens is 359 g/mol. The number of hydrogen-bond acceptors (Lipinski definition) is 7. The summed E-state index contributed by atoms with van der Waals surface area (Å²) in [6.07, 6.45) is 3.60. The van der Waals surface area contributed by atoms with E-state index in [1.807, 2.05) is 6.26 Å². The van der Waals surface area contributed by atoms with Gasteiger partial charge in [-0.15, -0.1) is 0 Å². The Morgan fingerprint density at radius 3 is 2.71 bits per heavy atom. The average Bonchev–Trinajstić information content (AvgIpc) is 2.48. The van der Waals surface area contributed by atoms with Crippen LogP contribution in [0.2, 0.25) is 0 Å². The van der Waals surface area contributed by atoms with Gasteiger partial charge in [0.2, 0.25) is 0 Å². The molecule has 1 atom stereocenters. The zero-order valence-corrected chi connectivity index (χ0v) is 15.0. The molecule has 0 bridgehead atoms. The molecule has 24 heavy (non-hydrogen) atoms. The van der Waals surface area contributed by atoms with Crippen molar-refractivity contribution in [1.29, 1.82) is 0 Å². The van der Waals surface area contributed by atoms with Crippen LogP contribution in [0, 0.1) is 6.92 Å². The molecule has 1 aromatic rings. The number of nitrogens with one attached hydrogen (secondary N) is 1. The molecule has 1 aromatic heterocycles. The fraction of sp³-hybridized carbons (Fsp3) is 0.538. The molecule has 0 saturated heterocycles. The van der Waals surface area contributed by atoms with Crippen LogP contribution in [0.3, 0.4) is 0 Å². The van der Waals surface area contributed by atoms with Gasteiger partial charge in [0.25, 0.3) is 0 Å². The second-order valence-electron chi connectivity index (χ2n) is 5.01. The van der Waals surface area contributed by atoms with Crippen LogP contribution in [0.25, 0.3) is 0 Å². The van der Waals surface area contributed by atoms with E-state index in [1.165, 1.54) is 18.0 Å². The number of aryl methyl sites for hydroxylation is 1. The zero-order chi connectivity index (χ0) is 18.3. The lowest BCUT2D eigenvalue weighted by Crippen LogP contribution is -2.37. The highest BCUT2D eigenvalue weighted by molar-refractivity contribution is 7.98. The molecule has 0 aliphatic heterocycles. The molecule has 0 aromatic carbocycles. The highest BCUT2D eigenvalue weighted by atomic mass is 32.2. The van der Waals surface area contributed by atoms with Gasteiger partial charge in [-0.1, -0.05) is 0 Å². The van der Waals surface area contributed by atoms with Gasteiger partial charge in [-0.3, -0.25) is 14.3 Å². The van der Waals surface area contributed by atoms with E-state index in [4.69, 9.17) is 9.79 Å². The Morgan fingerprint density at radius 2 is 2.17 bits per heavy atom. The molecule has 0 saturated carbocycles. The Bertz CT molecular complexity index is 623. The third-order valence-electron chi connectivity index (χ3n) is 3.25. The fourth-order valence-electron chi connectivity index (χ4n) is 1.93. The minimum absolute atomic E-state index is 0.000390. The zero-order valence-electron chi connectivity index (χ0n) is 13.3. The SMILES string of the molecule is CSCCC(NCc1c(COP(=O)(O)O)cnc(C)c1O)C(=O)O. The molecule has 9 nitrogen and oxygen atoms in total. The molecule has 1 heterocycles. The molecular formula is C13H21N2O7PS. The Labute approximate surface area is 143 Å². The maximum Gasteiger partial charge on any atom is 0.469 e. The Kier molecular flexibility index (Phi) is 8.14. The number of thioether (sulfide) groups is 1. The van der Waals surface area contributed by atoms with Gasteiger partial charge in [0.15, 0.2) is 0 Å². The van der Waals surface area contributed by atoms with Gasteiger partial charge in [0.05, 0.1) is 12.3 Å². The maximum atomic E-state index is 11.2. The van der Waals surface area contributed by atoms with Crippen molar-refractivity contribution < 1.29 is 33.9 Å². The molecule has 0 spiro atoms. The number of phosphoric acid groups is 1. The van der Waals surface area contributed by atoms with Gasteiger partial charge in [-0.05, 0) is 25.4 Å². The summed E-state index contributed by atoms with van der Waals surface area (Å²) in [6.45, 7) is 1.11. The molecule has 0 aliphatic rings. The number of rotatable bonds is 10. The molecule has 5 N–H and O–H groups in total. The number of carboxylic acid groups (broad SMARTS) is 1. The molecule has 0 fully saturated rings. The van der Waals surface area contributed by atoms with E-state index in [0.717, 1.165) is 0 Å². The van der Waals surface area contributed by atoms with Gasteiger partial charge in [0.1, 0.15) is 11.8 Å². The van der Waals surface area contributed by atoms with Crippen LogP contribution in [0.1, 0.15) is 23.2 Å². The predicted octanol–water partition coefficient (Wildman–Crippen LogP) is 1.00. The first-order chi connectivity index (χ1) is 11.2. The first kappa shape index (κ1) is 20.9. The standard InChI is InChI=1S/C13H21N2O7PS/c1-8-12(16)10(6-15-11(13(17)18)3-4-24-2)9(5-14-8)7-22-23(19,20)21/h5,11,15-16H,3-4,6-7H2,1-2H3,(H,17,18)(H2,19,20,21). The predicted molar refractivity (Wildman–Crippen MR) is 88.7 cm³/mol. The fourth-order valence-corrected chi connectivity index (χ4v) is 2.71. The van der Waals surface area contributed by atoms with E-state index < -0.39 is 26.4 Å². The van der Waals surface area contributed by atoms with Crippen molar-refractivity contribution in [3.8, 4) is 5.75 Å². The third kappa shape index (κ3) is 6.76. The number of aromatic hydroxyl groups is 1. The van der Waals surface area contributed by atoms with Crippen molar-refractivity contribution in [2.75, 3.05) is 12.0 Å². The molecule has 1 rings (SSSR count). The summed E-state index contributed by atoms with van der Waals surface area (Å²) in [7, 11) is -4.67. The highest BCUT2D eigenvalue weighted by Gasteiger charge is 2.21. The molecule has 0 radical (unpaired) electrons. The van der Waals surface area contributed by atoms with Crippen LogP contribution >= 0.6 is 19.6 Å². The van der Waals surface area contributed by atoms with Crippen molar-refractivity contribution in [2.24, 2.45) is 0 Å². The largest absolute Gasteiger partial charge is 0.506 e. The minimum atomic E-state index is -4.67. The Balaban J connectivity index is 2.93.